The Morgan fingerprint density at radius 3 is 2.19 bits per heavy atom. The van der Waals surface area contributed by atoms with Gasteiger partial charge in [-0.15, -0.1) is 0 Å². The second-order valence-corrected chi connectivity index (χ2v) is 5.57. The molecule has 2 nitrogen and oxygen atoms in total. The summed E-state index contributed by atoms with van der Waals surface area (Å²) in [5, 5.41) is 2.99. The fraction of sp³-hybridized carbons (Fsp3) is 0.929. The van der Waals surface area contributed by atoms with Crippen LogP contribution < -0.4 is 5.32 Å². The molecule has 0 saturated carbocycles. The summed E-state index contributed by atoms with van der Waals surface area (Å²) in [6.07, 6.45) is 8.43. The molecule has 0 bridgehead atoms. The smallest absolute Gasteiger partial charge is 0.220 e. The molecule has 0 aliphatic carbocycles. The van der Waals surface area contributed by atoms with E-state index in [1.54, 1.807) is 0 Å². The summed E-state index contributed by atoms with van der Waals surface area (Å²) in [4.78, 5) is 11.3. The molecule has 1 rings (SSSR count). The number of nitrogens with one attached hydrogen (secondary N) is 1. The predicted octanol–water partition coefficient (Wildman–Crippen LogP) is 3.51. The van der Waals surface area contributed by atoms with E-state index in [1.807, 2.05) is 0 Å². The van der Waals surface area contributed by atoms with Gasteiger partial charge in [0, 0.05) is 13.0 Å². The minimum absolute atomic E-state index is 0.254. The lowest BCUT2D eigenvalue weighted by atomic mass is 9.70. The number of hydrogen-bond donors (Lipinski definition) is 1. The van der Waals surface area contributed by atoms with Crippen LogP contribution in [0.4, 0.5) is 0 Å². The van der Waals surface area contributed by atoms with Crippen LogP contribution in [0.1, 0.15) is 65.7 Å². The zero-order chi connectivity index (χ0) is 12.0. The van der Waals surface area contributed by atoms with Crippen molar-refractivity contribution in [2.24, 2.45) is 11.3 Å². The molecule has 0 aromatic heterocycles. The third kappa shape index (κ3) is 3.50. The normalized spacial score (nSPS) is 21.2. The predicted molar refractivity (Wildman–Crippen MR) is 68.3 cm³/mol. The largest absolute Gasteiger partial charge is 0.356 e. The first-order valence-electron chi connectivity index (χ1n) is 6.89. The molecule has 16 heavy (non-hydrogen) atoms. The van der Waals surface area contributed by atoms with Crippen LogP contribution in [0.25, 0.3) is 0 Å². The minimum atomic E-state index is 0.254. The molecular formula is C14H27NO. The highest BCUT2D eigenvalue weighted by Gasteiger charge is 2.37. The van der Waals surface area contributed by atoms with Crippen LogP contribution in [-0.2, 0) is 4.79 Å². The third-order valence-corrected chi connectivity index (χ3v) is 4.17. The van der Waals surface area contributed by atoms with E-state index in [0.29, 0.717) is 11.3 Å². The Morgan fingerprint density at radius 1 is 1.25 bits per heavy atom. The van der Waals surface area contributed by atoms with Crippen molar-refractivity contribution < 1.29 is 4.79 Å². The van der Waals surface area contributed by atoms with Gasteiger partial charge in [-0.3, -0.25) is 4.79 Å². The van der Waals surface area contributed by atoms with E-state index in [9.17, 15) is 4.79 Å². The lowest BCUT2D eigenvalue weighted by Gasteiger charge is -2.35. The maximum atomic E-state index is 11.3. The maximum Gasteiger partial charge on any atom is 0.220 e. The molecule has 0 aromatic carbocycles. The highest BCUT2D eigenvalue weighted by molar-refractivity contribution is 5.78. The Balaban J connectivity index is 2.57. The van der Waals surface area contributed by atoms with Crippen LogP contribution >= 0.6 is 0 Å². The molecule has 0 aromatic rings. The van der Waals surface area contributed by atoms with E-state index in [4.69, 9.17) is 0 Å². The maximum absolute atomic E-state index is 11.3. The number of rotatable bonds is 7. The summed E-state index contributed by atoms with van der Waals surface area (Å²) in [6, 6.07) is 0. The Labute approximate surface area is 100 Å². The van der Waals surface area contributed by atoms with Gasteiger partial charge >= 0.3 is 0 Å². The van der Waals surface area contributed by atoms with E-state index in [2.05, 4.69) is 26.1 Å². The standard InChI is InChI=1S/C14H27NO/c1-4-6-8-14(3,9-7-5-2)12-10-13(16)15-11-12/h12H,4-11H2,1-3H3,(H,15,16). The quantitative estimate of drug-likeness (QED) is 0.706. The van der Waals surface area contributed by atoms with Crippen LogP contribution in [0.15, 0.2) is 0 Å². The van der Waals surface area contributed by atoms with E-state index < -0.39 is 0 Å². The molecule has 1 fully saturated rings. The molecule has 94 valence electrons. The van der Waals surface area contributed by atoms with Gasteiger partial charge in [0.1, 0.15) is 0 Å². The fourth-order valence-electron chi connectivity index (χ4n) is 2.79. The van der Waals surface area contributed by atoms with Gasteiger partial charge < -0.3 is 5.32 Å². The Hall–Kier alpha value is -0.530. The average Bonchev–Trinajstić information content (AvgIpc) is 2.71. The summed E-state index contributed by atoms with van der Waals surface area (Å²) in [5.74, 6) is 0.822. The zero-order valence-corrected chi connectivity index (χ0v) is 11.1. The van der Waals surface area contributed by atoms with Crippen LogP contribution in [0.5, 0.6) is 0 Å². The van der Waals surface area contributed by atoms with E-state index >= 15 is 0 Å². The van der Waals surface area contributed by atoms with E-state index in [0.717, 1.165) is 13.0 Å². The number of hydrogen-bond acceptors (Lipinski definition) is 1. The summed E-state index contributed by atoms with van der Waals surface area (Å²) in [6.45, 7) is 7.79. The van der Waals surface area contributed by atoms with Crippen molar-refractivity contribution >= 4 is 5.91 Å². The second-order valence-electron chi connectivity index (χ2n) is 5.57. The summed E-state index contributed by atoms with van der Waals surface area (Å²) in [5.41, 5.74) is 0.380. The molecular weight excluding hydrogens is 198 g/mol. The molecule has 1 unspecified atom stereocenters. The van der Waals surface area contributed by atoms with Gasteiger partial charge in [0.05, 0.1) is 0 Å². The fourth-order valence-corrected chi connectivity index (χ4v) is 2.79. The van der Waals surface area contributed by atoms with Crippen molar-refractivity contribution in [2.75, 3.05) is 6.54 Å². The Morgan fingerprint density at radius 2 is 1.81 bits per heavy atom. The monoisotopic (exact) mass is 225 g/mol. The van der Waals surface area contributed by atoms with Gasteiger partial charge in [0.15, 0.2) is 0 Å². The van der Waals surface area contributed by atoms with Crippen molar-refractivity contribution in [1.29, 1.82) is 0 Å². The first kappa shape index (κ1) is 13.5. The van der Waals surface area contributed by atoms with Crippen molar-refractivity contribution in [3.05, 3.63) is 0 Å². The van der Waals surface area contributed by atoms with Crippen molar-refractivity contribution in [2.45, 2.75) is 65.7 Å². The lowest BCUT2D eigenvalue weighted by molar-refractivity contribution is -0.119. The van der Waals surface area contributed by atoms with Gasteiger partial charge in [0.2, 0.25) is 5.91 Å². The molecule has 0 spiro atoms. The van der Waals surface area contributed by atoms with Gasteiger partial charge in [0.25, 0.3) is 0 Å². The second kappa shape index (κ2) is 6.27. The topological polar surface area (TPSA) is 29.1 Å². The van der Waals surface area contributed by atoms with Crippen molar-refractivity contribution in [3.8, 4) is 0 Å². The van der Waals surface area contributed by atoms with Gasteiger partial charge in [-0.05, 0) is 24.2 Å². The average molecular weight is 225 g/mol. The van der Waals surface area contributed by atoms with Crippen molar-refractivity contribution in [3.63, 3.8) is 0 Å². The summed E-state index contributed by atoms with van der Waals surface area (Å²) < 4.78 is 0. The van der Waals surface area contributed by atoms with Crippen LogP contribution in [0.2, 0.25) is 0 Å². The number of carbonyl (C=O) groups excluding carboxylic acids is 1. The number of unbranched alkanes of at least 4 members (excludes halogenated alkanes) is 2. The Bertz CT molecular complexity index is 217. The Kier molecular flexibility index (Phi) is 5.30. The van der Waals surface area contributed by atoms with Crippen LogP contribution in [0, 0.1) is 11.3 Å². The van der Waals surface area contributed by atoms with Crippen LogP contribution in [-0.4, -0.2) is 12.5 Å². The number of carbonyl (C=O) groups is 1. The first-order chi connectivity index (χ1) is 7.62. The van der Waals surface area contributed by atoms with Gasteiger partial charge in [-0.1, -0.05) is 46.5 Å². The molecule has 1 amide bonds. The summed E-state index contributed by atoms with van der Waals surface area (Å²) >= 11 is 0. The molecule has 0 radical (unpaired) electrons. The zero-order valence-electron chi connectivity index (χ0n) is 11.1. The molecule has 1 aliphatic heterocycles. The minimum Gasteiger partial charge on any atom is -0.356 e. The molecule has 1 heterocycles. The molecule has 1 atom stereocenters. The first-order valence-corrected chi connectivity index (χ1v) is 6.89. The van der Waals surface area contributed by atoms with E-state index in [1.165, 1.54) is 38.5 Å². The summed E-state index contributed by atoms with van der Waals surface area (Å²) in [7, 11) is 0. The molecule has 1 aliphatic rings. The SMILES string of the molecule is CCCCC(C)(CCCC)C1CNC(=O)C1. The molecule has 1 N–H and O–H groups in total. The van der Waals surface area contributed by atoms with Gasteiger partial charge in [-0.2, -0.15) is 0 Å². The lowest BCUT2D eigenvalue weighted by Crippen LogP contribution is -2.29. The highest BCUT2D eigenvalue weighted by Crippen LogP contribution is 2.41. The van der Waals surface area contributed by atoms with Crippen LogP contribution in [0.3, 0.4) is 0 Å². The number of amides is 1. The van der Waals surface area contributed by atoms with Crippen molar-refractivity contribution in [1.82, 2.24) is 5.32 Å². The van der Waals surface area contributed by atoms with E-state index in [-0.39, 0.29) is 5.91 Å². The highest BCUT2D eigenvalue weighted by atomic mass is 16.1. The third-order valence-electron chi connectivity index (χ3n) is 4.17. The van der Waals surface area contributed by atoms with Gasteiger partial charge in [-0.25, -0.2) is 0 Å². The molecule has 2 heteroatoms. The molecule has 1 saturated heterocycles.